The molecule has 1 heteroatoms. The highest BCUT2D eigenvalue weighted by molar-refractivity contribution is 14.1. The van der Waals surface area contributed by atoms with Crippen molar-refractivity contribution in [3.8, 4) is 0 Å². The molecule has 0 amide bonds. The Hall–Kier alpha value is -0.0500. The fraction of sp³-hybridized carbons (Fsp3) is 0.400. The second-order valence-electron chi connectivity index (χ2n) is 2.86. The molecule has 0 N–H and O–H groups in total. The van der Waals surface area contributed by atoms with E-state index in [1.54, 1.807) is 0 Å². The van der Waals surface area contributed by atoms with E-state index in [4.69, 9.17) is 0 Å². The summed E-state index contributed by atoms with van der Waals surface area (Å²) in [7, 11) is 0. The van der Waals surface area contributed by atoms with Crippen LogP contribution in [0.2, 0.25) is 0 Å². The van der Waals surface area contributed by atoms with Crippen molar-refractivity contribution in [2.75, 3.05) is 0 Å². The molecule has 1 unspecified atom stereocenters. The van der Waals surface area contributed by atoms with Crippen LogP contribution in [-0.4, -0.2) is 0 Å². The topological polar surface area (TPSA) is 0 Å². The van der Waals surface area contributed by atoms with Gasteiger partial charge in [0.25, 0.3) is 0 Å². The van der Waals surface area contributed by atoms with Gasteiger partial charge in [-0.25, -0.2) is 0 Å². The molecular formula is C10H13I. The number of hydrogen-bond acceptors (Lipinski definition) is 0. The van der Waals surface area contributed by atoms with Gasteiger partial charge in [-0.1, -0.05) is 26.0 Å². The molecule has 0 saturated carbocycles. The Balaban J connectivity index is 2.86. The molecule has 0 aliphatic carbocycles. The summed E-state index contributed by atoms with van der Waals surface area (Å²) in [4.78, 5) is 0. The number of rotatable bonds is 2. The van der Waals surface area contributed by atoms with Crippen LogP contribution in [0.25, 0.3) is 0 Å². The van der Waals surface area contributed by atoms with Crippen LogP contribution in [0.3, 0.4) is 0 Å². The molecule has 0 bridgehead atoms. The van der Waals surface area contributed by atoms with Crippen molar-refractivity contribution in [2.24, 2.45) is 0 Å². The van der Waals surface area contributed by atoms with Crippen molar-refractivity contribution in [1.29, 1.82) is 0 Å². The molecular weight excluding hydrogens is 247 g/mol. The Labute approximate surface area is 82.2 Å². The fourth-order valence-corrected chi connectivity index (χ4v) is 1.62. The van der Waals surface area contributed by atoms with Crippen molar-refractivity contribution >= 4 is 22.6 Å². The third kappa shape index (κ3) is 2.47. The second kappa shape index (κ2) is 4.10. The first-order valence-corrected chi connectivity index (χ1v) is 5.07. The van der Waals surface area contributed by atoms with Crippen molar-refractivity contribution in [2.45, 2.75) is 26.2 Å². The maximum absolute atomic E-state index is 2.36. The molecule has 1 aromatic carbocycles. The number of halogens is 1. The maximum atomic E-state index is 2.36. The minimum atomic E-state index is 0.699. The lowest BCUT2D eigenvalue weighted by molar-refractivity contribution is 0.733. The van der Waals surface area contributed by atoms with Crippen molar-refractivity contribution in [3.63, 3.8) is 0 Å². The van der Waals surface area contributed by atoms with Gasteiger partial charge in [-0.3, -0.25) is 0 Å². The fourth-order valence-electron chi connectivity index (χ4n) is 1.05. The molecule has 0 aliphatic heterocycles. The average Bonchev–Trinajstić information content (AvgIpc) is 2.03. The van der Waals surface area contributed by atoms with Crippen LogP contribution in [0, 0.1) is 3.57 Å². The highest BCUT2D eigenvalue weighted by atomic mass is 127. The SMILES string of the molecule is CCC(C)c1cccc(I)c1. The predicted octanol–water partition coefficient (Wildman–Crippen LogP) is 3.80. The molecule has 0 saturated heterocycles. The van der Waals surface area contributed by atoms with Crippen LogP contribution >= 0.6 is 22.6 Å². The highest BCUT2D eigenvalue weighted by Gasteiger charge is 2.01. The molecule has 1 atom stereocenters. The molecule has 0 radical (unpaired) electrons. The highest BCUT2D eigenvalue weighted by Crippen LogP contribution is 2.19. The summed E-state index contributed by atoms with van der Waals surface area (Å²) >= 11 is 2.36. The summed E-state index contributed by atoms with van der Waals surface area (Å²) in [6.07, 6.45) is 1.22. The zero-order valence-electron chi connectivity index (χ0n) is 6.97. The third-order valence-corrected chi connectivity index (χ3v) is 2.70. The summed E-state index contributed by atoms with van der Waals surface area (Å²) < 4.78 is 1.33. The Morgan fingerprint density at radius 3 is 2.73 bits per heavy atom. The minimum Gasteiger partial charge on any atom is -0.0648 e. The Morgan fingerprint density at radius 1 is 1.45 bits per heavy atom. The van der Waals surface area contributed by atoms with Crippen molar-refractivity contribution < 1.29 is 0 Å². The monoisotopic (exact) mass is 260 g/mol. The van der Waals surface area contributed by atoms with E-state index in [0.29, 0.717) is 5.92 Å². The summed E-state index contributed by atoms with van der Waals surface area (Å²) in [5, 5.41) is 0. The summed E-state index contributed by atoms with van der Waals surface area (Å²) in [6, 6.07) is 8.72. The van der Waals surface area contributed by atoms with Gasteiger partial charge in [0.05, 0.1) is 0 Å². The third-order valence-electron chi connectivity index (χ3n) is 2.03. The Bertz CT molecular complexity index is 230. The molecule has 0 aromatic heterocycles. The minimum absolute atomic E-state index is 0.699. The lowest BCUT2D eigenvalue weighted by Gasteiger charge is -2.08. The molecule has 0 fully saturated rings. The van der Waals surface area contributed by atoms with E-state index in [0.717, 1.165) is 0 Å². The van der Waals surface area contributed by atoms with E-state index >= 15 is 0 Å². The molecule has 0 heterocycles. The van der Waals surface area contributed by atoms with E-state index in [-0.39, 0.29) is 0 Å². The van der Waals surface area contributed by atoms with Gasteiger partial charge in [-0.2, -0.15) is 0 Å². The van der Waals surface area contributed by atoms with E-state index < -0.39 is 0 Å². The van der Waals surface area contributed by atoms with E-state index in [9.17, 15) is 0 Å². The Kier molecular flexibility index (Phi) is 3.37. The summed E-state index contributed by atoms with van der Waals surface area (Å²) in [6.45, 7) is 4.50. The van der Waals surface area contributed by atoms with Crippen LogP contribution in [-0.2, 0) is 0 Å². The van der Waals surface area contributed by atoms with Crippen LogP contribution in [0.1, 0.15) is 31.7 Å². The molecule has 0 nitrogen and oxygen atoms in total. The molecule has 60 valence electrons. The van der Waals surface area contributed by atoms with Gasteiger partial charge in [-0.15, -0.1) is 0 Å². The summed E-state index contributed by atoms with van der Waals surface area (Å²) in [5.41, 5.74) is 1.46. The molecule has 1 aromatic rings. The Morgan fingerprint density at radius 2 is 2.18 bits per heavy atom. The standard InChI is InChI=1S/C10H13I/c1-3-8(2)9-5-4-6-10(11)7-9/h4-8H,3H2,1-2H3. The molecule has 1 rings (SSSR count). The van der Waals surface area contributed by atoms with Crippen LogP contribution in [0.15, 0.2) is 24.3 Å². The first-order chi connectivity index (χ1) is 5.24. The summed E-state index contributed by atoms with van der Waals surface area (Å²) in [5.74, 6) is 0.699. The van der Waals surface area contributed by atoms with Gasteiger partial charge in [0.1, 0.15) is 0 Å². The van der Waals surface area contributed by atoms with Gasteiger partial charge in [-0.05, 0) is 52.6 Å². The van der Waals surface area contributed by atoms with Crippen LogP contribution < -0.4 is 0 Å². The van der Waals surface area contributed by atoms with E-state index in [1.165, 1.54) is 15.6 Å². The smallest absolute Gasteiger partial charge is 0.0133 e. The lowest BCUT2D eigenvalue weighted by Crippen LogP contribution is -1.90. The largest absolute Gasteiger partial charge is 0.0648 e. The number of hydrogen-bond donors (Lipinski definition) is 0. The second-order valence-corrected chi connectivity index (χ2v) is 4.11. The van der Waals surface area contributed by atoms with Crippen LogP contribution in [0.5, 0.6) is 0 Å². The van der Waals surface area contributed by atoms with E-state index in [1.807, 2.05) is 0 Å². The molecule has 0 aliphatic rings. The molecule has 11 heavy (non-hydrogen) atoms. The van der Waals surface area contributed by atoms with Crippen LogP contribution in [0.4, 0.5) is 0 Å². The van der Waals surface area contributed by atoms with Gasteiger partial charge >= 0.3 is 0 Å². The first kappa shape index (κ1) is 9.04. The van der Waals surface area contributed by atoms with E-state index in [2.05, 4.69) is 60.7 Å². The zero-order valence-corrected chi connectivity index (χ0v) is 9.13. The van der Waals surface area contributed by atoms with Crippen molar-refractivity contribution in [1.82, 2.24) is 0 Å². The molecule has 0 spiro atoms. The van der Waals surface area contributed by atoms with Crippen molar-refractivity contribution in [3.05, 3.63) is 33.4 Å². The first-order valence-electron chi connectivity index (χ1n) is 3.99. The normalized spacial score (nSPS) is 13.0. The lowest BCUT2D eigenvalue weighted by atomic mass is 9.99. The van der Waals surface area contributed by atoms with Gasteiger partial charge in [0.2, 0.25) is 0 Å². The van der Waals surface area contributed by atoms with Gasteiger partial charge in [0.15, 0.2) is 0 Å². The quantitative estimate of drug-likeness (QED) is 0.709. The van der Waals surface area contributed by atoms with Gasteiger partial charge < -0.3 is 0 Å². The van der Waals surface area contributed by atoms with Gasteiger partial charge in [0, 0.05) is 3.57 Å². The average molecular weight is 260 g/mol. The maximum Gasteiger partial charge on any atom is 0.0133 e. The number of benzene rings is 1. The zero-order chi connectivity index (χ0) is 8.27. The predicted molar refractivity (Wildman–Crippen MR) is 57.9 cm³/mol.